The minimum Gasteiger partial charge on any atom is -0.481 e. The summed E-state index contributed by atoms with van der Waals surface area (Å²) in [5, 5.41) is 8.65. The zero-order chi connectivity index (χ0) is 10.7. The van der Waals surface area contributed by atoms with Gasteiger partial charge in [0.05, 0.1) is 18.6 Å². The molecule has 1 aliphatic heterocycles. The molecule has 2 atom stereocenters. The fourth-order valence-corrected chi connectivity index (χ4v) is 1.96. The van der Waals surface area contributed by atoms with Gasteiger partial charge in [-0.3, -0.25) is 4.79 Å². The minimum absolute atomic E-state index is 0.0792. The van der Waals surface area contributed by atoms with Crippen LogP contribution in [0, 0.1) is 0 Å². The third-order valence-corrected chi connectivity index (χ3v) is 2.68. The van der Waals surface area contributed by atoms with Crippen LogP contribution in [0.4, 0.5) is 0 Å². The monoisotopic (exact) mass is 206 g/mol. The number of rotatable bonds is 3. The summed E-state index contributed by atoms with van der Waals surface area (Å²) < 4.78 is 5.68. The van der Waals surface area contributed by atoms with Gasteiger partial charge in [-0.15, -0.1) is 0 Å². The van der Waals surface area contributed by atoms with Crippen LogP contribution in [0.5, 0.6) is 0 Å². The van der Waals surface area contributed by atoms with Gasteiger partial charge in [-0.05, 0) is 18.4 Å². The first-order valence-corrected chi connectivity index (χ1v) is 5.18. The molecule has 80 valence electrons. The summed E-state index contributed by atoms with van der Waals surface area (Å²) in [6.45, 7) is 0. The molecule has 0 saturated carbocycles. The first kappa shape index (κ1) is 10.2. The van der Waals surface area contributed by atoms with Crippen molar-refractivity contribution in [3.8, 4) is 0 Å². The highest BCUT2D eigenvalue weighted by Crippen LogP contribution is 2.33. The number of carbonyl (C=O) groups is 1. The van der Waals surface area contributed by atoms with Gasteiger partial charge in [0.2, 0.25) is 0 Å². The van der Waals surface area contributed by atoms with E-state index in [-0.39, 0.29) is 18.6 Å². The minimum atomic E-state index is -0.784. The summed E-state index contributed by atoms with van der Waals surface area (Å²) in [5.74, 6) is -0.784. The summed E-state index contributed by atoms with van der Waals surface area (Å²) in [5.41, 5.74) is 1.14. The van der Waals surface area contributed by atoms with Crippen LogP contribution < -0.4 is 0 Å². The second-order valence-electron chi connectivity index (χ2n) is 3.83. The van der Waals surface area contributed by atoms with Crippen molar-refractivity contribution in [2.24, 2.45) is 0 Å². The Kier molecular flexibility index (Phi) is 3.02. The molecule has 0 bridgehead atoms. The van der Waals surface area contributed by atoms with Gasteiger partial charge in [0.1, 0.15) is 0 Å². The molecule has 15 heavy (non-hydrogen) atoms. The van der Waals surface area contributed by atoms with Gasteiger partial charge < -0.3 is 9.84 Å². The fraction of sp³-hybridized carbons (Fsp3) is 0.417. The molecule has 1 heterocycles. The van der Waals surface area contributed by atoms with Crippen molar-refractivity contribution in [2.45, 2.75) is 31.5 Å². The highest BCUT2D eigenvalue weighted by molar-refractivity contribution is 5.67. The van der Waals surface area contributed by atoms with Crippen molar-refractivity contribution >= 4 is 5.97 Å². The van der Waals surface area contributed by atoms with Crippen LogP contribution in [0.25, 0.3) is 0 Å². The zero-order valence-corrected chi connectivity index (χ0v) is 8.43. The second kappa shape index (κ2) is 4.45. The van der Waals surface area contributed by atoms with Crippen LogP contribution in [-0.2, 0) is 9.53 Å². The number of hydrogen-bond acceptors (Lipinski definition) is 2. The quantitative estimate of drug-likeness (QED) is 0.825. The maximum atomic E-state index is 10.5. The summed E-state index contributed by atoms with van der Waals surface area (Å²) in [6, 6.07) is 9.96. The van der Waals surface area contributed by atoms with Crippen molar-refractivity contribution < 1.29 is 14.6 Å². The standard InChI is InChI=1S/C12H14O3/c13-12(14)8-10-6-7-11(15-10)9-4-2-1-3-5-9/h1-5,10-11H,6-8H2,(H,13,14). The lowest BCUT2D eigenvalue weighted by Crippen LogP contribution is -2.12. The molecular weight excluding hydrogens is 192 g/mol. The molecule has 0 amide bonds. The summed E-state index contributed by atoms with van der Waals surface area (Å²) in [6.07, 6.45) is 1.83. The molecule has 1 saturated heterocycles. The van der Waals surface area contributed by atoms with E-state index in [2.05, 4.69) is 0 Å². The topological polar surface area (TPSA) is 46.5 Å². The number of carboxylic acids is 1. The molecule has 0 radical (unpaired) electrons. The van der Waals surface area contributed by atoms with Gasteiger partial charge in [0, 0.05) is 0 Å². The Morgan fingerprint density at radius 2 is 2.07 bits per heavy atom. The normalized spacial score (nSPS) is 25.3. The fourth-order valence-electron chi connectivity index (χ4n) is 1.96. The number of benzene rings is 1. The van der Waals surface area contributed by atoms with E-state index in [4.69, 9.17) is 9.84 Å². The van der Waals surface area contributed by atoms with Gasteiger partial charge in [-0.25, -0.2) is 0 Å². The van der Waals surface area contributed by atoms with Crippen LogP contribution in [-0.4, -0.2) is 17.2 Å². The number of ether oxygens (including phenoxy) is 1. The predicted octanol–water partition coefficient (Wildman–Crippen LogP) is 2.38. The molecule has 1 fully saturated rings. The molecule has 3 heteroatoms. The molecule has 1 aromatic carbocycles. The molecule has 2 rings (SSSR count). The highest BCUT2D eigenvalue weighted by Gasteiger charge is 2.27. The SMILES string of the molecule is O=C(O)CC1CCC(c2ccccc2)O1. The highest BCUT2D eigenvalue weighted by atomic mass is 16.5. The van der Waals surface area contributed by atoms with E-state index >= 15 is 0 Å². The summed E-state index contributed by atoms with van der Waals surface area (Å²) in [4.78, 5) is 10.5. The van der Waals surface area contributed by atoms with Crippen LogP contribution in [0.1, 0.15) is 30.9 Å². The van der Waals surface area contributed by atoms with Gasteiger partial charge in [0.15, 0.2) is 0 Å². The largest absolute Gasteiger partial charge is 0.481 e. The Labute approximate surface area is 88.7 Å². The smallest absolute Gasteiger partial charge is 0.305 e. The Balaban J connectivity index is 1.96. The van der Waals surface area contributed by atoms with Crippen LogP contribution in [0.2, 0.25) is 0 Å². The van der Waals surface area contributed by atoms with Crippen molar-refractivity contribution in [2.75, 3.05) is 0 Å². The third kappa shape index (κ3) is 2.57. The second-order valence-corrected chi connectivity index (χ2v) is 3.83. The number of aliphatic carboxylic acids is 1. The van der Waals surface area contributed by atoms with Crippen LogP contribution in [0.3, 0.4) is 0 Å². The Hall–Kier alpha value is -1.35. The van der Waals surface area contributed by atoms with Gasteiger partial charge in [-0.1, -0.05) is 30.3 Å². The van der Waals surface area contributed by atoms with Crippen LogP contribution >= 0.6 is 0 Å². The van der Waals surface area contributed by atoms with Crippen molar-refractivity contribution in [3.63, 3.8) is 0 Å². The maximum absolute atomic E-state index is 10.5. The average molecular weight is 206 g/mol. The predicted molar refractivity (Wildman–Crippen MR) is 55.5 cm³/mol. The van der Waals surface area contributed by atoms with E-state index < -0.39 is 5.97 Å². The van der Waals surface area contributed by atoms with Crippen molar-refractivity contribution in [1.29, 1.82) is 0 Å². The molecule has 1 aromatic rings. The average Bonchev–Trinajstić information content (AvgIpc) is 2.67. The first-order chi connectivity index (χ1) is 7.25. The van der Waals surface area contributed by atoms with E-state index in [1.807, 2.05) is 30.3 Å². The van der Waals surface area contributed by atoms with E-state index in [0.717, 1.165) is 18.4 Å². The molecule has 1 aliphatic rings. The molecule has 3 nitrogen and oxygen atoms in total. The molecule has 0 aromatic heterocycles. The maximum Gasteiger partial charge on any atom is 0.305 e. The molecule has 0 spiro atoms. The Morgan fingerprint density at radius 1 is 1.33 bits per heavy atom. The van der Waals surface area contributed by atoms with E-state index in [9.17, 15) is 4.79 Å². The first-order valence-electron chi connectivity index (χ1n) is 5.18. The molecule has 0 aliphatic carbocycles. The van der Waals surface area contributed by atoms with Gasteiger partial charge >= 0.3 is 5.97 Å². The Morgan fingerprint density at radius 3 is 2.73 bits per heavy atom. The van der Waals surface area contributed by atoms with Gasteiger partial charge in [-0.2, -0.15) is 0 Å². The van der Waals surface area contributed by atoms with E-state index in [1.54, 1.807) is 0 Å². The van der Waals surface area contributed by atoms with Crippen molar-refractivity contribution in [3.05, 3.63) is 35.9 Å². The molecule has 2 unspecified atom stereocenters. The summed E-state index contributed by atoms with van der Waals surface area (Å²) >= 11 is 0. The van der Waals surface area contributed by atoms with E-state index in [0.29, 0.717) is 0 Å². The number of carboxylic acid groups (broad SMARTS) is 1. The van der Waals surface area contributed by atoms with Gasteiger partial charge in [0.25, 0.3) is 0 Å². The lowest BCUT2D eigenvalue weighted by Gasteiger charge is -2.12. The molecule has 1 N–H and O–H groups in total. The summed E-state index contributed by atoms with van der Waals surface area (Å²) in [7, 11) is 0. The van der Waals surface area contributed by atoms with Crippen LogP contribution in [0.15, 0.2) is 30.3 Å². The Bertz CT molecular complexity index is 334. The van der Waals surface area contributed by atoms with Crippen molar-refractivity contribution in [1.82, 2.24) is 0 Å². The third-order valence-electron chi connectivity index (χ3n) is 2.68. The van der Waals surface area contributed by atoms with E-state index in [1.165, 1.54) is 0 Å². The lowest BCUT2D eigenvalue weighted by atomic mass is 10.1. The molecular formula is C12H14O3. The lowest BCUT2D eigenvalue weighted by molar-refractivity contribution is -0.140. The zero-order valence-electron chi connectivity index (χ0n) is 8.43. The number of hydrogen-bond donors (Lipinski definition) is 1.